The SMILES string of the molecule is CN1CCN(c2ccc3c(c2)NC(c2c4cccccc-4[nH]c2=O)=NC3)CC1. The van der Waals surface area contributed by atoms with Crippen LogP contribution in [0.4, 0.5) is 11.4 Å². The maximum absolute atomic E-state index is 12.6. The number of nitrogens with zero attached hydrogens (tertiary/aromatic N) is 3. The highest BCUT2D eigenvalue weighted by Crippen LogP contribution is 2.30. The Bertz CT molecular complexity index is 1080. The molecule has 5 rings (SSSR count). The van der Waals surface area contributed by atoms with Crippen molar-refractivity contribution < 1.29 is 0 Å². The first-order chi connectivity index (χ1) is 13.7. The van der Waals surface area contributed by atoms with Crippen molar-refractivity contribution in [2.24, 2.45) is 4.99 Å². The number of aromatic amines is 1. The first-order valence-corrected chi connectivity index (χ1v) is 9.68. The van der Waals surface area contributed by atoms with Gasteiger partial charge in [-0.25, -0.2) is 0 Å². The number of fused-ring (bicyclic) bond motifs is 2. The van der Waals surface area contributed by atoms with E-state index in [1.165, 1.54) is 5.69 Å². The van der Waals surface area contributed by atoms with Gasteiger partial charge in [0.2, 0.25) is 0 Å². The van der Waals surface area contributed by atoms with Gasteiger partial charge in [0, 0.05) is 48.8 Å². The maximum atomic E-state index is 12.6. The molecule has 1 aliphatic carbocycles. The van der Waals surface area contributed by atoms with E-state index in [0.29, 0.717) is 17.9 Å². The molecule has 1 aromatic carbocycles. The van der Waals surface area contributed by atoms with E-state index in [4.69, 9.17) is 0 Å². The Morgan fingerprint density at radius 3 is 2.68 bits per heavy atom. The second-order valence-electron chi connectivity index (χ2n) is 7.49. The number of hydrogen-bond acceptors (Lipinski definition) is 5. The Labute approximate surface area is 163 Å². The first kappa shape index (κ1) is 17.0. The van der Waals surface area contributed by atoms with Crippen LogP contribution in [0.1, 0.15) is 11.1 Å². The van der Waals surface area contributed by atoms with Gasteiger partial charge in [0.05, 0.1) is 12.1 Å². The Hall–Kier alpha value is -3.12. The van der Waals surface area contributed by atoms with Crippen LogP contribution in [0.15, 0.2) is 58.3 Å². The number of rotatable bonds is 2. The van der Waals surface area contributed by atoms with Gasteiger partial charge in [0.25, 0.3) is 5.56 Å². The van der Waals surface area contributed by atoms with Crippen LogP contribution in [-0.2, 0) is 6.54 Å². The highest BCUT2D eigenvalue weighted by Gasteiger charge is 2.23. The molecule has 0 aromatic heterocycles. The van der Waals surface area contributed by atoms with Crippen LogP contribution in [-0.4, -0.2) is 48.9 Å². The van der Waals surface area contributed by atoms with Crippen molar-refractivity contribution in [2.45, 2.75) is 6.54 Å². The summed E-state index contributed by atoms with van der Waals surface area (Å²) in [5.41, 5.74) is 5.63. The lowest BCUT2D eigenvalue weighted by Gasteiger charge is -2.34. The van der Waals surface area contributed by atoms with Crippen LogP contribution in [0.25, 0.3) is 11.3 Å². The zero-order valence-corrected chi connectivity index (χ0v) is 15.9. The van der Waals surface area contributed by atoms with Crippen molar-refractivity contribution in [3.63, 3.8) is 0 Å². The number of amidine groups is 1. The predicted molar refractivity (Wildman–Crippen MR) is 114 cm³/mol. The van der Waals surface area contributed by atoms with Crippen LogP contribution < -0.4 is 15.8 Å². The van der Waals surface area contributed by atoms with Crippen molar-refractivity contribution in [3.8, 4) is 11.3 Å². The number of likely N-dealkylation sites (N-methyl/N-ethyl adjacent to an activating group) is 1. The predicted octanol–water partition coefficient (Wildman–Crippen LogP) is 2.60. The fourth-order valence-corrected chi connectivity index (χ4v) is 3.97. The van der Waals surface area contributed by atoms with E-state index in [1.807, 2.05) is 30.3 Å². The van der Waals surface area contributed by atoms with Gasteiger partial charge in [-0.15, -0.1) is 0 Å². The minimum atomic E-state index is -0.105. The Balaban J connectivity index is 1.47. The zero-order chi connectivity index (χ0) is 19.1. The molecule has 0 unspecified atom stereocenters. The molecule has 0 amide bonds. The van der Waals surface area contributed by atoms with Gasteiger partial charge in [-0.2, -0.15) is 0 Å². The average molecular weight is 373 g/mol. The van der Waals surface area contributed by atoms with Gasteiger partial charge >= 0.3 is 0 Å². The Morgan fingerprint density at radius 2 is 1.82 bits per heavy atom. The van der Waals surface area contributed by atoms with Crippen LogP contribution in [0, 0.1) is 0 Å². The quantitative estimate of drug-likeness (QED) is 0.725. The molecule has 142 valence electrons. The monoisotopic (exact) mass is 373 g/mol. The van der Waals surface area contributed by atoms with E-state index in [0.717, 1.165) is 48.7 Å². The van der Waals surface area contributed by atoms with Crippen LogP contribution in [0.3, 0.4) is 0 Å². The second-order valence-corrected chi connectivity index (χ2v) is 7.49. The first-order valence-electron chi connectivity index (χ1n) is 9.68. The van der Waals surface area contributed by atoms with Crippen LogP contribution in [0.5, 0.6) is 0 Å². The van der Waals surface area contributed by atoms with E-state index in [9.17, 15) is 4.79 Å². The molecule has 0 atom stereocenters. The summed E-state index contributed by atoms with van der Waals surface area (Å²) in [5, 5.41) is 3.42. The number of piperazine rings is 1. The minimum Gasteiger partial charge on any atom is -0.369 e. The van der Waals surface area contributed by atoms with E-state index in [1.54, 1.807) is 0 Å². The number of hydrogen-bond donors (Lipinski definition) is 2. The van der Waals surface area contributed by atoms with Crippen LogP contribution in [0.2, 0.25) is 0 Å². The number of H-pyrrole nitrogens is 1. The average Bonchev–Trinajstić information content (AvgIpc) is 2.86. The molecule has 6 nitrogen and oxygen atoms in total. The minimum absolute atomic E-state index is 0.105. The number of nitrogens with one attached hydrogen (secondary N) is 2. The molecule has 0 radical (unpaired) electrons. The number of benzene rings is 1. The molecule has 3 aliphatic heterocycles. The smallest absolute Gasteiger partial charge is 0.260 e. The molecule has 3 heterocycles. The van der Waals surface area contributed by atoms with Crippen LogP contribution >= 0.6 is 0 Å². The van der Waals surface area contributed by atoms with E-state index in [-0.39, 0.29) is 5.56 Å². The third-order valence-corrected chi connectivity index (χ3v) is 5.64. The maximum Gasteiger partial charge on any atom is 0.260 e. The largest absolute Gasteiger partial charge is 0.369 e. The summed E-state index contributed by atoms with van der Waals surface area (Å²) in [6.07, 6.45) is 0. The zero-order valence-electron chi connectivity index (χ0n) is 15.9. The van der Waals surface area contributed by atoms with Gasteiger partial charge in [-0.1, -0.05) is 30.3 Å². The lowest BCUT2D eigenvalue weighted by Crippen LogP contribution is -2.44. The number of aromatic nitrogens is 1. The summed E-state index contributed by atoms with van der Waals surface area (Å²) in [6.45, 7) is 4.78. The van der Waals surface area contributed by atoms with Crippen molar-refractivity contribution >= 4 is 17.2 Å². The lowest BCUT2D eigenvalue weighted by atomic mass is 10.1. The van der Waals surface area contributed by atoms with Gasteiger partial charge < -0.3 is 20.1 Å². The van der Waals surface area contributed by atoms with Gasteiger partial charge in [-0.05, 0) is 30.8 Å². The molecule has 1 aromatic rings. The molecule has 1 fully saturated rings. The van der Waals surface area contributed by atoms with Crippen molar-refractivity contribution in [2.75, 3.05) is 43.4 Å². The van der Waals surface area contributed by atoms with Gasteiger partial charge in [0.15, 0.2) is 0 Å². The molecular weight excluding hydrogens is 350 g/mol. The van der Waals surface area contributed by atoms with E-state index in [2.05, 4.69) is 50.3 Å². The fraction of sp³-hybridized carbons (Fsp3) is 0.273. The standard InChI is InChI=1S/C22H23N5O/c1-26-9-11-27(12-10-26)16-8-7-15-14-23-21(24-19(15)13-16)20-17-5-3-2-4-6-18(17)25-22(20)28/h2-8,13H,9-12,14H2,1H3,(H,23,24)(H,25,28). The van der Waals surface area contributed by atoms with E-state index >= 15 is 0 Å². The molecule has 0 spiro atoms. The van der Waals surface area contributed by atoms with Crippen molar-refractivity contribution in [1.82, 2.24) is 9.88 Å². The molecule has 2 N–H and O–H groups in total. The lowest BCUT2D eigenvalue weighted by molar-refractivity contribution is 0.313. The number of aliphatic imine (C=N–C) groups is 1. The fourth-order valence-electron chi connectivity index (χ4n) is 3.97. The molecule has 4 aliphatic rings. The van der Waals surface area contributed by atoms with Gasteiger partial charge in [0.1, 0.15) is 5.84 Å². The molecule has 28 heavy (non-hydrogen) atoms. The molecule has 1 saturated heterocycles. The topological polar surface area (TPSA) is 63.7 Å². The summed E-state index contributed by atoms with van der Waals surface area (Å²) < 4.78 is 0. The van der Waals surface area contributed by atoms with Crippen molar-refractivity contribution in [3.05, 3.63) is 70.0 Å². The third-order valence-electron chi connectivity index (χ3n) is 5.64. The summed E-state index contributed by atoms with van der Waals surface area (Å²) in [6, 6.07) is 16.2. The highest BCUT2D eigenvalue weighted by atomic mass is 16.1. The highest BCUT2D eigenvalue weighted by molar-refractivity contribution is 6.13. The second kappa shape index (κ2) is 6.80. The summed E-state index contributed by atoms with van der Waals surface area (Å²) >= 11 is 0. The summed E-state index contributed by atoms with van der Waals surface area (Å²) in [7, 11) is 2.16. The summed E-state index contributed by atoms with van der Waals surface area (Å²) in [5.74, 6) is 0.644. The molecule has 6 heteroatoms. The Morgan fingerprint density at radius 1 is 1.00 bits per heavy atom. The molecular formula is C22H23N5O. The molecule has 0 bridgehead atoms. The Kier molecular flexibility index (Phi) is 4.13. The van der Waals surface area contributed by atoms with Gasteiger partial charge in [-0.3, -0.25) is 9.79 Å². The number of anilines is 2. The summed E-state index contributed by atoms with van der Waals surface area (Å²) in [4.78, 5) is 25.0. The normalized spacial score (nSPS) is 17.2. The molecule has 0 saturated carbocycles. The van der Waals surface area contributed by atoms with E-state index < -0.39 is 0 Å². The van der Waals surface area contributed by atoms with Crippen molar-refractivity contribution in [1.29, 1.82) is 0 Å². The third kappa shape index (κ3) is 2.96.